The Bertz CT molecular complexity index is 275. The molecule has 2 aliphatic rings. The van der Waals surface area contributed by atoms with Gasteiger partial charge in [0.2, 0.25) is 0 Å². The molecule has 0 aromatic carbocycles. The normalized spacial score (nSPS) is 48.2. The standard InChI is InChI=1S/C18H34O/c1-12-5-8-18(19)17(10-12)7-6-16-11-13(2)9-14(3)15(16)4/h12-19H,5-11H2,1-4H3. The Labute approximate surface area is 120 Å². The molecule has 7 atom stereocenters. The van der Waals surface area contributed by atoms with Crippen molar-refractivity contribution in [2.24, 2.45) is 35.5 Å². The second-order valence-electron chi connectivity index (χ2n) is 8.00. The van der Waals surface area contributed by atoms with Crippen LogP contribution < -0.4 is 0 Å². The van der Waals surface area contributed by atoms with E-state index in [0.717, 1.165) is 36.0 Å². The van der Waals surface area contributed by atoms with Gasteiger partial charge in [0, 0.05) is 0 Å². The second-order valence-corrected chi connectivity index (χ2v) is 8.00. The molecule has 0 heterocycles. The van der Waals surface area contributed by atoms with E-state index in [1.54, 1.807) is 0 Å². The van der Waals surface area contributed by atoms with Gasteiger partial charge in [-0.25, -0.2) is 0 Å². The van der Waals surface area contributed by atoms with Gasteiger partial charge in [0.1, 0.15) is 0 Å². The van der Waals surface area contributed by atoms with Crippen molar-refractivity contribution in [3.05, 3.63) is 0 Å². The third-order valence-corrected chi connectivity index (χ3v) is 6.23. The zero-order valence-corrected chi connectivity index (χ0v) is 13.4. The van der Waals surface area contributed by atoms with Gasteiger partial charge in [0.05, 0.1) is 6.10 Å². The zero-order valence-electron chi connectivity index (χ0n) is 13.4. The molecule has 2 aliphatic carbocycles. The van der Waals surface area contributed by atoms with Crippen molar-refractivity contribution in [2.75, 3.05) is 0 Å². The Morgan fingerprint density at radius 3 is 2.16 bits per heavy atom. The van der Waals surface area contributed by atoms with Crippen molar-refractivity contribution in [3.63, 3.8) is 0 Å². The van der Waals surface area contributed by atoms with Crippen LogP contribution in [0.2, 0.25) is 0 Å². The van der Waals surface area contributed by atoms with E-state index in [1.807, 2.05) is 0 Å². The molecule has 19 heavy (non-hydrogen) atoms. The molecular formula is C18H34O. The molecule has 2 fully saturated rings. The molecule has 0 saturated heterocycles. The molecule has 0 aliphatic heterocycles. The molecule has 0 aromatic heterocycles. The van der Waals surface area contributed by atoms with Crippen molar-refractivity contribution in [2.45, 2.75) is 78.7 Å². The third-order valence-electron chi connectivity index (χ3n) is 6.23. The lowest BCUT2D eigenvalue weighted by molar-refractivity contribution is 0.0368. The van der Waals surface area contributed by atoms with Crippen molar-refractivity contribution >= 4 is 0 Å². The molecular weight excluding hydrogens is 232 g/mol. The molecule has 0 radical (unpaired) electrons. The summed E-state index contributed by atoms with van der Waals surface area (Å²) in [5.41, 5.74) is 0. The molecule has 1 nitrogen and oxygen atoms in total. The minimum absolute atomic E-state index is 0.00931. The lowest BCUT2D eigenvalue weighted by Crippen LogP contribution is -2.32. The summed E-state index contributed by atoms with van der Waals surface area (Å²) in [7, 11) is 0. The van der Waals surface area contributed by atoms with Crippen molar-refractivity contribution in [1.29, 1.82) is 0 Å². The first kappa shape index (κ1) is 15.4. The van der Waals surface area contributed by atoms with Crippen LogP contribution in [0.4, 0.5) is 0 Å². The molecule has 0 bridgehead atoms. The predicted octanol–water partition coefficient (Wildman–Crippen LogP) is 4.88. The van der Waals surface area contributed by atoms with Crippen LogP contribution in [0, 0.1) is 35.5 Å². The van der Waals surface area contributed by atoms with Crippen LogP contribution in [0.15, 0.2) is 0 Å². The first-order valence-electron chi connectivity index (χ1n) is 8.65. The maximum atomic E-state index is 10.2. The Morgan fingerprint density at radius 1 is 0.789 bits per heavy atom. The Kier molecular flexibility index (Phi) is 5.34. The lowest BCUT2D eigenvalue weighted by Gasteiger charge is -2.39. The first-order valence-corrected chi connectivity index (χ1v) is 8.65. The quantitative estimate of drug-likeness (QED) is 0.771. The van der Waals surface area contributed by atoms with Crippen LogP contribution in [0.5, 0.6) is 0 Å². The van der Waals surface area contributed by atoms with E-state index in [0.29, 0.717) is 5.92 Å². The second kappa shape index (κ2) is 6.61. The summed E-state index contributed by atoms with van der Waals surface area (Å²) in [6, 6.07) is 0. The lowest BCUT2D eigenvalue weighted by atomic mass is 9.67. The molecule has 0 aromatic rings. The van der Waals surface area contributed by atoms with Crippen molar-refractivity contribution in [3.8, 4) is 0 Å². The molecule has 1 N–H and O–H groups in total. The summed E-state index contributed by atoms with van der Waals surface area (Å²) >= 11 is 0. The first-order chi connectivity index (χ1) is 8.97. The van der Waals surface area contributed by atoms with E-state index in [-0.39, 0.29) is 6.10 Å². The summed E-state index contributed by atoms with van der Waals surface area (Å²) in [5, 5.41) is 10.2. The fraction of sp³-hybridized carbons (Fsp3) is 1.00. The number of hydrogen-bond donors (Lipinski definition) is 1. The molecule has 2 rings (SSSR count). The van der Waals surface area contributed by atoms with E-state index in [2.05, 4.69) is 27.7 Å². The predicted molar refractivity (Wildman–Crippen MR) is 82.0 cm³/mol. The fourth-order valence-corrected chi connectivity index (χ4v) is 4.74. The van der Waals surface area contributed by atoms with Crippen LogP contribution in [-0.2, 0) is 0 Å². The van der Waals surface area contributed by atoms with Gasteiger partial charge in [-0.2, -0.15) is 0 Å². The monoisotopic (exact) mass is 266 g/mol. The molecule has 0 amide bonds. The SMILES string of the molecule is CC1CCC(O)C(CCC2CC(C)CC(C)C2C)C1. The summed E-state index contributed by atoms with van der Waals surface area (Å²) in [5.74, 6) is 5.01. The Balaban J connectivity index is 1.83. The zero-order chi connectivity index (χ0) is 14.0. The maximum Gasteiger partial charge on any atom is 0.0568 e. The van der Waals surface area contributed by atoms with Crippen LogP contribution >= 0.6 is 0 Å². The van der Waals surface area contributed by atoms with E-state index in [4.69, 9.17) is 0 Å². The van der Waals surface area contributed by atoms with Gasteiger partial charge in [0.15, 0.2) is 0 Å². The van der Waals surface area contributed by atoms with Gasteiger partial charge in [-0.05, 0) is 80.5 Å². The highest BCUT2D eigenvalue weighted by Crippen LogP contribution is 2.41. The minimum atomic E-state index is -0.00931. The summed E-state index contributed by atoms with van der Waals surface area (Å²) in [6.07, 6.45) is 8.97. The van der Waals surface area contributed by atoms with E-state index in [9.17, 15) is 5.11 Å². The average molecular weight is 266 g/mol. The number of hydrogen-bond acceptors (Lipinski definition) is 1. The summed E-state index contributed by atoms with van der Waals surface area (Å²) in [4.78, 5) is 0. The van der Waals surface area contributed by atoms with E-state index >= 15 is 0 Å². The number of rotatable bonds is 3. The molecule has 1 heteroatoms. The fourth-order valence-electron chi connectivity index (χ4n) is 4.74. The van der Waals surface area contributed by atoms with Gasteiger partial charge in [-0.15, -0.1) is 0 Å². The number of aliphatic hydroxyl groups excluding tert-OH is 1. The number of aliphatic hydroxyl groups is 1. The largest absolute Gasteiger partial charge is 0.393 e. The average Bonchev–Trinajstić information content (AvgIpc) is 2.35. The highest BCUT2D eigenvalue weighted by atomic mass is 16.3. The van der Waals surface area contributed by atoms with Crippen LogP contribution in [0.25, 0.3) is 0 Å². The van der Waals surface area contributed by atoms with Crippen LogP contribution in [-0.4, -0.2) is 11.2 Å². The minimum Gasteiger partial charge on any atom is -0.393 e. The molecule has 112 valence electrons. The van der Waals surface area contributed by atoms with E-state index < -0.39 is 0 Å². The molecule has 2 saturated carbocycles. The molecule has 0 spiro atoms. The van der Waals surface area contributed by atoms with Gasteiger partial charge in [0.25, 0.3) is 0 Å². The third kappa shape index (κ3) is 3.97. The van der Waals surface area contributed by atoms with Crippen molar-refractivity contribution in [1.82, 2.24) is 0 Å². The van der Waals surface area contributed by atoms with Gasteiger partial charge < -0.3 is 5.11 Å². The highest BCUT2D eigenvalue weighted by Gasteiger charge is 2.33. The summed E-state index contributed by atoms with van der Waals surface area (Å²) in [6.45, 7) is 9.67. The van der Waals surface area contributed by atoms with Crippen LogP contribution in [0.3, 0.4) is 0 Å². The van der Waals surface area contributed by atoms with Gasteiger partial charge >= 0.3 is 0 Å². The summed E-state index contributed by atoms with van der Waals surface area (Å²) < 4.78 is 0. The van der Waals surface area contributed by atoms with Crippen LogP contribution in [0.1, 0.15) is 72.6 Å². The highest BCUT2D eigenvalue weighted by molar-refractivity contribution is 4.83. The topological polar surface area (TPSA) is 20.2 Å². The molecule has 7 unspecified atom stereocenters. The smallest absolute Gasteiger partial charge is 0.0568 e. The Morgan fingerprint density at radius 2 is 1.42 bits per heavy atom. The maximum absolute atomic E-state index is 10.2. The van der Waals surface area contributed by atoms with Gasteiger partial charge in [-0.1, -0.05) is 27.7 Å². The van der Waals surface area contributed by atoms with Gasteiger partial charge in [-0.3, -0.25) is 0 Å². The van der Waals surface area contributed by atoms with Crippen molar-refractivity contribution < 1.29 is 5.11 Å². The van der Waals surface area contributed by atoms with E-state index in [1.165, 1.54) is 38.5 Å². The Hall–Kier alpha value is -0.0400.